The summed E-state index contributed by atoms with van der Waals surface area (Å²) in [6, 6.07) is 20.8. The lowest BCUT2D eigenvalue weighted by atomic mass is 9.83. The van der Waals surface area contributed by atoms with Crippen molar-refractivity contribution in [1.82, 2.24) is 5.32 Å². The molecule has 1 atom stereocenters. The van der Waals surface area contributed by atoms with E-state index in [9.17, 15) is 19.2 Å². The Morgan fingerprint density at radius 2 is 1.29 bits per heavy atom. The quantitative estimate of drug-likeness (QED) is 0.232. The molecule has 0 saturated heterocycles. The van der Waals surface area contributed by atoms with Gasteiger partial charge in [0, 0.05) is 23.0 Å². The monoisotopic (exact) mass is 565 g/mol. The molecule has 3 amide bonds. The molecule has 0 bridgehead atoms. The number of hydrogen-bond donors (Lipinski definition) is 3. The Balaban J connectivity index is 1.59. The number of nitrogens with one attached hydrogen (secondary N) is 3. The molecule has 8 heteroatoms. The van der Waals surface area contributed by atoms with Gasteiger partial charge >= 0.3 is 0 Å². The molecule has 1 aliphatic rings. The van der Waals surface area contributed by atoms with Crippen LogP contribution >= 0.6 is 0 Å². The third-order valence-electron chi connectivity index (χ3n) is 7.81. The van der Waals surface area contributed by atoms with E-state index in [1.165, 1.54) is 6.26 Å². The van der Waals surface area contributed by atoms with Crippen LogP contribution in [-0.2, 0) is 14.4 Å². The SMILES string of the molecule is Cc1ccc(NC(=O)C(C(=O)Nc2ccc(C)cc2)C(C(=O)NC2CCCCC2)c2coc3ccccc3c2=O)cc1. The van der Waals surface area contributed by atoms with E-state index in [1.807, 2.05) is 38.1 Å². The molecule has 0 spiro atoms. The lowest BCUT2D eigenvalue weighted by Gasteiger charge is -2.29. The zero-order valence-corrected chi connectivity index (χ0v) is 23.8. The molecule has 0 radical (unpaired) electrons. The van der Waals surface area contributed by atoms with Gasteiger partial charge in [-0.05, 0) is 63.1 Å². The summed E-state index contributed by atoms with van der Waals surface area (Å²) in [5.41, 5.74) is 2.77. The number of anilines is 2. The maximum atomic E-state index is 14.1. The first-order chi connectivity index (χ1) is 20.3. The summed E-state index contributed by atoms with van der Waals surface area (Å²) < 4.78 is 5.77. The van der Waals surface area contributed by atoms with E-state index in [0.717, 1.165) is 43.2 Å². The Kier molecular flexibility index (Phi) is 8.81. The van der Waals surface area contributed by atoms with Crippen LogP contribution in [0.15, 0.2) is 88.3 Å². The van der Waals surface area contributed by atoms with Crippen molar-refractivity contribution < 1.29 is 18.8 Å². The van der Waals surface area contributed by atoms with Crippen molar-refractivity contribution in [3.8, 4) is 0 Å². The van der Waals surface area contributed by atoms with Crippen LogP contribution in [0.5, 0.6) is 0 Å². The summed E-state index contributed by atoms with van der Waals surface area (Å²) >= 11 is 0. The summed E-state index contributed by atoms with van der Waals surface area (Å²) in [6.07, 6.45) is 5.82. The number of carbonyl (C=O) groups excluding carboxylic acids is 3. The van der Waals surface area contributed by atoms with Crippen molar-refractivity contribution >= 4 is 40.1 Å². The predicted octanol–water partition coefficient (Wildman–Crippen LogP) is 5.84. The van der Waals surface area contributed by atoms with E-state index in [4.69, 9.17) is 4.42 Å². The van der Waals surface area contributed by atoms with Crippen LogP contribution in [0, 0.1) is 19.8 Å². The topological polar surface area (TPSA) is 118 Å². The Morgan fingerprint density at radius 3 is 1.86 bits per heavy atom. The number of rotatable bonds is 8. The normalized spacial score (nSPS) is 14.4. The number of para-hydroxylation sites is 1. The van der Waals surface area contributed by atoms with Crippen LogP contribution in [0.1, 0.15) is 54.7 Å². The fourth-order valence-corrected chi connectivity index (χ4v) is 5.45. The molecule has 1 aromatic heterocycles. The average molecular weight is 566 g/mol. The minimum absolute atomic E-state index is 0.0508. The van der Waals surface area contributed by atoms with Crippen molar-refractivity contribution in [3.05, 3.63) is 106 Å². The Labute approximate surface area is 244 Å². The highest BCUT2D eigenvalue weighted by atomic mass is 16.3. The Morgan fingerprint density at radius 1 is 0.738 bits per heavy atom. The van der Waals surface area contributed by atoms with Crippen LogP contribution in [-0.4, -0.2) is 23.8 Å². The van der Waals surface area contributed by atoms with Crippen LogP contribution in [0.2, 0.25) is 0 Å². The molecule has 1 unspecified atom stereocenters. The van der Waals surface area contributed by atoms with E-state index in [0.29, 0.717) is 17.0 Å². The van der Waals surface area contributed by atoms with Crippen LogP contribution < -0.4 is 21.4 Å². The second-order valence-electron chi connectivity index (χ2n) is 11.0. The van der Waals surface area contributed by atoms with Gasteiger partial charge in [-0.25, -0.2) is 0 Å². The highest BCUT2D eigenvalue weighted by molar-refractivity contribution is 6.14. The zero-order valence-electron chi connectivity index (χ0n) is 23.8. The summed E-state index contributed by atoms with van der Waals surface area (Å²) in [4.78, 5) is 55.9. The van der Waals surface area contributed by atoms with E-state index >= 15 is 0 Å². The first-order valence-electron chi connectivity index (χ1n) is 14.4. The van der Waals surface area contributed by atoms with Crippen molar-refractivity contribution in [2.24, 2.45) is 5.92 Å². The van der Waals surface area contributed by atoms with Crippen molar-refractivity contribution in [2.75, 3.05) is 10.6 Å². The third kappa shape index (κ3) is 6.60. The number of benzene rings is 3. The maximum Gasteiger partial charge on any atom is 0.238 e. The minimum Gasteiger partial charge on any atom is -0.464 e. The first kappa shape index (κ1) is 28.8. The zero-order chi connectivity index (χ0) is 29.6. The summed E-state index contributed by atoms with van der Waals surface area (Å²) in [5, 5.41) is 8.91. The minimum atomic E-state index is -1.58. The summed E-state index contributed by atoms with van der Waals surface area (Å²) in [5.74, 6) is -5.00. The molecule has 1 saturated carbocycles. The number of amides is 3. The van der Waals surface area contributed by atoms with Gasteiger partial charge in [-0.15, -0.1) is 0 Å². The lowest BCUT2D eigenvalue weighted by molar-refractivity contribution is -0.136. The van der Waals surface area contributed by atoms with Crippen molar-refractivity contribution in [2.45, 2.75) is 57.9 Å². The molecule has 1 heterocycles. The highest BCUT2D eigenvalue weighted by Gasteiger charge is 2.43. The molecule has 3 N–H and O–H groups in total. The fourth-order valence-electron chi connectivity index (χ4n) is 5.45. The van der Waals surface area contributed by atoms with E-state index < -0.39 is 35.0 Å². The second-order valence-corrected chi connectivity index (χ2v) is 11.0. The van der Waals surface area contributed by atoms with E-state index in [-0.39, 0.29) is 17.0 Å². The number of hydrogen-bond acceptors (Lipinski definition) is 5. The number of aryl methyl sites for hydroxylation is 2. The smallest absolute Gasteiger partial charge is 0.238 e. The molecular weight excluding hydrogens is 530 g/mol. The van der Waals surface area contributed by atoms with Gasteiger partial charge in [-0.1, -0.05) is 66.8 Å². The Hall–Kier alpha value is -4.72. The highest BCUT2D eigenvalue weighted by Crippen LogP contribution is 2.29. The van der Waals surface area contributed by atoms with Gasteiger partial charge in [-0.2, -0.15) is 0 Å². The molecule has 1 aliphatic carbocycles. The van der Waals surface area contributed by atoms with E-state index in [1.54, 1.807) is 48.5 Å². The van der Waals surface area contributed by atoms with Gasteiger partial charge in [-0.3, -0.25) is 19.2 Å². The molecule has 1 fully saturated rings. The number of carbonyl (C=O) groups is 3. The van der Waals surface area contributed by atoms with Gasteiger partial charge in [0.1, 0.15) is 11.5 Å². The van der Waals surface area contributed by atoms with Crippen LogP contribution in [0.3, 0.4) is 0 Å². The van der Waals surface area contributed by atoms with Crippen LogP contribution in [0.4, 0.5) is 11.4 Å². The van der Waals surface area contributed by atoms with Gasteiger partial charge in [0.15, 0.2) is 5.43 Å². The lowest BCUT2D eigenvalue weighted by Crippen LogP contribution is -2.48. The van der Waals surface area contributed by atoms with Gasteiger partial charge in [0.25, 0.3) is 0 Å². The van der Waals surface area contributed by atoms with Gasteiger partial charge in [0.2, 0.25) is 17.7 Å². The van der Waals surface area contributed by atoms with Gasteiger partial charge < -0.3 is 20.4 Å². The first-order valence-corrected chi connectivity index (χ1v) is 14.4. The maximum absolute atomic E-state index is 14.1. The molecular formula is C34H35N3O5. The molecule has 42 heavy (non-hydrogen) atoms. The molecule has 8 nitrogen and oxygen atoms in total. The molecule has 3 aromatic carbocycles. The molecule has 5 rings (SSSR count). The number of fused-ring (bicyclic) bond motifs is 1. The molecule has 4 aromatic rings. The van der Waals surface area contributed by atoms with Crippen LogP contribution in [0.25, 0.3) is 11.0 Å². The fraction of sp³-hybridized carbons (Fsp3) is 0.294. The van der Waals surface area contributed by atoms with Crippen molar-refractivity contribution in [1.29, 1.82) is 0 Å². The molecule has 0 aliphatic heterocycles. The largest absolute Gasteiger partial charge is 0.464 e. The van der Waals surface area contributed by atoms with Crippen molar-refractivity contribution in [3.63, 3.8) is 0 Å². The predicted molar refractivity (Wildman–Crippen MR) is 163 cm³/mol. The third-order valence-corrected chi connectivity index (χ3v) is 7.81. The van der Waals surface area contributed by atoms with Gasteiger partial charge in [0.05, 0.1) is 17.6 Å². The summed E-state index contributed by atoms with van der Waals surface area (Å²) in [7, 11) is 0. The standard InChI is InChI=1S/C34H35N3O5/c1-21-12-16-24(17-13-21)36-33(40)30(34(41)37-25-18-14-22(2)15-19-25)29(32(39)35-23-8-4-3-5-9-23)27-20-42-28-11-7-6-10-26(28)31(27)38/h6-7,10-20,23,29-30H,3-5,8-9H2,1-2H3,(H,35,39)(H,36,40)(H,37,41). The van der Waals surface area contributed by atoms with E-state index in [2.05, 4.69) is 16.0 Å². The second kappa shape index (κ2) is 12.9. The molecule has 216 valence electrons. The summed E-state index contributed by atoms with van der Waals surface area (Å²) in [6.45, 7) is 3.85. The Bertz CT molecular complexity index is 1580. The average Bonchev–Trinajstić information content (AvgIpc) is 2.99.